The number of anilines is 1. The number of amides is 1. The number of nitrogens with one attached hydrogen (secondary N) is 1. The number of benzene rings is 2. The summed E-state index contributed by atoms with van der Waals surface area (Å²) in [6, 6.07) is 17.0. The molecule has 3 nitrogen and oxygen atoms in total. The van der Waals surface area contributed by atoms with Crippen molar-refractivity contribution in [1.29, 1.82) is 0 Å². The van der Waals surface area contributed by atoms with Crippen LogP contribution in [0.2, 0.25) is 0 Å². The van der Waals surface area contributed by atoms with E-state index in [0.717, 1.165) is 12.1 Å². The van der Waals surface area contributed by atoms with Gasteiger partial charge in [-0.1, -0.05) is 68.0 Å². The van der Waals surface area contributed by atoms with Crippen molar-refractivity contribution in [3.63, 3.8) is 0 Å². The highest BCUT2D eigenvalue weighted by Crippen LogP contribution is 2.52. The molecule has 2 aliphatic rings. The molecule has 2 heterocycles. The Bertz CT molecular complexity index is 851. The molecule has 0 saturated carbocycles. The minimum Gasteiger partial charge on any atom is -0.344 e. The summed E-state index contributed by atoms with van der Waals surface area (Å²) < 4.78 is 0. The van der Waals surface area contributed by atoms with Gasteiger partial charge in [0.15, 0.2) is 0 Å². The molecule has 0 bridgehead atoms. The van der Waals surface area contributed by atoms with Gasteiger partial charge in [-0.2, -0.15) is 0 Å². The van der Waals surface area contributed by atoms with Gasteiger partial charge in [-0.25, -0.2) is 0 Å². The zero-order valence-electron chi connectivity index (χ0n) is 15.0. The lowest BCUT2D eigenvalue weighted by Crippen LogP contribution is -2.68. The van der Waals surface area contributed by atoms with Gasteiger partial charge >= 0.3 is 0 Å². The largest absolute Gasteiger partial charge is 0.344 e. The van der Waals surface area contributed by atoms with Crippen molar-refractivity contribution in [3.8, 4) is 0 Å². The Morgan fingerprint density at radius 1 is 1.08 bits per heavy atom. The number of rotatable bonds is 2. The third kappa shape index (κ3) is 2.30. The van der Waals surface area contributed by atoms with Gasteiger partial charge in [-0.3, -0.25) is 4.79 Å². The summed E-state index contributed by atoms with van der Waals surface area (Å²) in [5.74, 6) is 0.116. The van der Waals surface area contributed by atoms with Crippen LogP contribution in [-0.4, -0.2) is 18.1 Å². The quantitative estimate of drug-likeness (QED) is 0.901. The number of para-hydroxylation sites is 1. The number of aryl methyl sites for hydroxylation is 1. The third-order valence-corrected chi connectivity index (χ3v) is 5.73. The molecule has 1 unspecified atom stereocenters. The van der Waals surface area contributed by atoms with Crippen molar-refractivity contribution >= 4 is 17.7 Å². The normalized spacial score (nSPS) is 24.1. The number of carbonyl (C=O) groups is 1. The van der Waals surface area contributed by atoms with Gasteiger partial charge in [0.1, 0.15) is 5.66 Å². The van der Waals surface area contributed by atoms with Gasteiger partial charge in [-0.05, 0) is 30.2 Å². The van der Waals surface area contributed by atoms with Crippen molar-refractivity contribution in [2.75, 3.05) is 11.4 Å². The number of hydrogen-bond donors (Lipinski definition) is 1. The second-order valence-corrected chi connectivity index (χ2v) is 7.60. The SMILES string of the molecule is Cc1ccc(/C=C/C23NC(=O)CCN2c2ccccc2C3(C)C)cc1. The molecule has 2 aromatic rings. The molecule has 0 radical (unpaired) electrons. The smallest absolute Gasteiger partial charge is 0.223 e. The maximum absolute atomic E-state index is 12.3. The van der Waals surface area contributed by atoms with E-state index in [9.17, 15) is 4.79 Å². The van der Waals surface area contributed by atoms with Crippen LogP contribution < -0.4 is 10.2 Å². The summed E-state index contributed by atoms with van der Waals surface area (Å²) in [5.41, 5.74) is 4.15. The van der Waals surface area contributed by atoms with Crippen LogP contribution in [0, 0.1) is 6.92 Å². The predicted octanol–water partition coefficient (Wildman–Crippen LogP) is 4.02. The first-order valence-electron chi connectivity index (χ1n) is 8.88. The Morgan fingerprint density at radius 2 is 1.80 bits per heavy atom. The van der Waals surface area contributed by atoms with Gasteiger partial charge < -0.3 is 10.2 Å². The number of hydrogen-bond acceptors (Lipinski definition) is 2. The van der Waals surface area contributed by atoms with Crippen LogP contribution in [-0.2, 0) is 10.2 Å². The standard InChI is InChI=1S/C22H24N2O/c1-16-8-10-17(11-9-16)12-14-22-21(2,3)18-6-4-5-7-19(18)24(22)15-13-20(25)23-22/h4-12,14H,13,15H2,1-3H3,(H,23,25)/b14-12+. The summed E-state index contributed by atoms with van der Waals surface area (Å²) in [6.07, 6.45) is 4.84. The van der Waals surface area contributed by atoms with Crippen LogP contribution in [0.15, 0.2) is 54.6 Å². The second kappa shape index (κ2) is 5.48. The Kier molecular flexibility index (Phi) is 3.50. The molecule has 1 amide bonds. The molecule has 3 heteroatoms. The van der Waals surface area contributed by atoms with Gasteiger partial charge in [0.2, 0.25) is 5.91 Å². The minimum atomic E-state index is -0.531. The van der Waals surface area contributed by atoms with E-state index in [4.69, 9.17) is 0 Å². The van der Waals surface area contributed by atoms with Crippen LogP contribution in [0.1, 0.15) is 37.0 Å². The molecule has 2 aliphatic heterocycles. The molecule has 25 heavy (non-hydrogen) atoms. The molecule has 0 spiro atoms. The fourth-order valence-electron chi connectivity index (χ4n) is 4.21. The van der Waals surface area contributed by atoms with E-state index in [1.165, 1.54) is 16.8 Å². The van der Waals surface area contributed by atoms with Crippen molar-refractivity contribution in [2.24, 2.45) is 0 Å². The fraction of sp³-hybridized carbons (Fsp3) is 0.318. The topological polar surface area (TPSA) is 32.3 Å². The first kappa shape index (κ1) is 15.9. The molecule has 0 aromatic heterocycles. The molecule has 1 fully saturated rings. The van der Waals surface area contributed by atoms with Crippen LogP contribution in [0.25, 0.3) is 6.08 Å². The summed E-state index contributed by atoms with van der Waals surface area (Å²) in [6.45, 7) is 7.27. The first-order chi connectivity index (χ1) is 11.9. The highest BCUT2D eigenvalue weighted by molar-refractivity contribution is 5.84. The van der Waals surface area contributed by atoms with E-state index in [1.807, 2.05) is 0 Å². The molecule has 128 valence electrons. The van der Waals surface area contributed by atoms with Crippen LogP contribution in [0.5, 0.6) is 0 Å². The lowest BCUT2D eigenvalue weighted by Gasteiger charge is -2.49. The summed E-state index contributed by atoms with van der Waals surface area (Å²) in [4.78, 5) is 14.7. The van der Waals surface area contributed by atoms with Crippen molar-refractivity contribution < 1.29 is 4.79 Å². The predicted molar refractivity (Wildman–Crippen MR) is 103 cm³/mol. The fourth-order valence-corrected chi connectivity index (χ4v) is 4.21. The van der Waals surface area contributed by atoms with E-state index in [-0.39, 0.29) is 11.3 Å². The average molecular weight is 332 g/mol. The van der Waals surface area contributed by atoms with Gasteiger partial charge in [-0.15, -0.1) is 0 Å². The monoisotopic (exact) mass is 332 g/mol. The molecular weight excluding hydrogens is 308 g/mol. The number of fused-ring (bicyclic) bond motifs is 3. The highest BCUT2D eigenvalue weighted by Gasteiger charge is 2.57. The van der Waals surface area contributed by atoms with Crippen molar-refractivity contribution in [1.82, 2.24) is 5.32 Å². The lowest BCUT2D eigenvalue weighted by atomic mass is 9.74. The summed E-state index contributed by atoms with van der Waals surface area (Å²) in [5, 5.41) is 3.31. The molecule has 1 saturated heterocycles. The van der Waals surface area contributed by atoms with Crippen LogP contribution in [0.4, 0.5) is 5.69 Å². The maximum Gasteiger partial charge on any atom is 0.223 e. The van der Waals surface area contributed by atoms with E-state index in [2.05, 4.69) is 91.7 Å². The second-order valence-electron chi connectivity index (χ2n) is 7.60. The van der Waals surface area contributed by atoms with Gasteiger partial charge in [0.05, 0.1) is 0 Å². The van der Waals surface area contributed by atoms with Crippen LogP contribution >= 0.6 is 0 Å². The van der Waals surface area contributed by atoms with E-state index >= 15 is 0 Å². The number of nitrogens with zero attached hydrogens (tertiary/aromatic N) is 1. The Hall–Kier alpha value is -2.55. The van der Waals surface area contributed by atoms with Crippen molar-refractivity contribution in [3.05, 3.63) is 71.3 Å². The Balaban J connectivity index is 1.83. The van der Waals surface area contributed by atoms with E-state index in [0.29, 0.717) is 6.42 Å². The minimum absolute atomic E-state index is 0.116. The lowest BCUT2D eigenvalue weighted by molar-refractivity contribution is -0.124. The van der Waals surface area contributed by atoms with Gasteiger partial charge in [0.25, 0.3) is 0 Å². The summed E-state index contributed by atoms with van der Waals surface area (Å²) in [7, 11) is 0. The zero-order valence-corrected chi connectivity index (χ0v) is 15.0. The zero-order chi connectivity index (χ0) is 17.7. The maximum atomic E-state index is 12.3. The van der Waals surface area contributed by atoms with E-state index in [1.54, 1.807) is 0 Å². The molecule has 2 aromatic carbocycles. The van der Waals surface area contributed by atoms with Crippen LogP contribution in [0.3, 0.4) is 0 Å². The van der Waals surface area contributed by atoms with E-state index < -0.39 is 5.66 Å². The Labute approximate surface area is 149 Å². The average Bonchev–Trinajstić information content (AvgIpc) is 2.79. The number of carbonyl (C=O) groups excluding carboxylic acids is 1. The molecule has 1 atom stereocenters. The molecular formula is C22H24N2O. The first-order valence-corrected chi connectivity index (χ1v) is 8.88. The highest BCUT2D eigenvalue weighted by atomic mass is 16.2. The molecule has 1 N–H and O–H groups in total. The molecule has 0 aliphatic carbocycles. The Morgan fingerprint density at radius 3 is 2.56 bits per heavy atom. The van der Waals surface area contributed by atoms with Gasteiger partial charge in [0, 0.05) is 24.1 Å². The van der Waals surface area contributed by atoms with Crippen molar-refractivity contribution in [2.45, 2.75) is 38.3 Å². The molecule has 4 rings (SSSR count). The third-order valence-electron chi connectivity index (χ3n) is 5.73. The summed E-state index contributed by atoms with van der Waals surface area (Å²) >= 11 is 0.